The summed E-state index contributed by atoms with van der Waals surface area (Å²) in [5.41, 5.74) is 0.304. The summed E-state index contributed by atoms with van der Waals surface area (Å²) >= 11 is 3.19. The second-order valence-corrected chi connectivity index (χ2v) is 6.81. The molecule has 0 radical (unpaired) electrons. The molecule has 1 aromatic carbocycles. The van der Waals surface area contributed by atoms with Crippen LogP contribution in [0, 0.1) is 0 Å². The number of halogens is 2. The molecule has 0 aliphatic rings. The maximum atomic E-state index is 12.1. The van der Waals surface area contributed by atoms with Crippen molar-refractivity contribution >= 4 is 44.3 Å². The molecular formula is C13H20BrClN2O4S. The van der Waals surface area contributed by atoms with Crippen LogP contribution < -0.4 is 10.0 Å². The molecule has 0 saturated carbocycles. The van der Waals surface area contributed by atoms with Gasteiger partial charge in [0, 0.05) is 11.0 Å². The Bertz CT molecular complexity index is 596. The molecule has 22 heavy (non-hydrogen) atoms. The smallest absolute Gasteiger partial charge is 0.338 e. The van der Waals surface area contributed by atoms with Crippen LogP contribution in [-0.4, -0.2) is 41.1 Å². The van der Waals surface area contributed by atoms with Crippen LogP contribution in [0.5, 0.6) is 0 Å². The van der Waals surface area contributed by atoms with Gasteiger partial charge >= 0.3 is 5.97 Å². The molecule has 0 aliphatic heterocycles. The van der Waals surface area contributed by atoms with E-state index >= 15 is 0 Å². The third-order valence-electron chi connectivity index (χ3n) is 2.63. The zero-order valence-corrected chi connectivity index (χ0v) is 15.6. The number of carbonyl (C=O) groups excluding carboxylic acids is 1. The van der Waals surface area contributed by atoms with Crippen molar-refractivity contribution in [3.8, 4) is 0 Å². The van der Waals surface area contributed by atoms with Crippen LogP contribution in [0.4, 0.5) is 0 Å². The summed E-state index contributed by atoms with van der Waals surface area (Å²) in [6.45, 7) is 3.05. The Kier molecular flexibility index (Phi) is 9.86. The van der Waals surface area contributed by atoms with Crippen molar-refractivity contribution in [2.75, 3.05) is 26.7 Å². The van der Waals surface area contributed by atoms with Crippen LogP contribution in [0.15, 0.2) is 27.6 Å². The van der Waals surface area contributed by atoms with Crippen molar-refractivity contribution in [2.24, 2.45) is 0 Å². The minimum Gasteiger partial charge on any atom is -0.462 e. The van der Waals surface area contributed by atoms with Crippen molar-refractivity contribution < 1.29 is 17.9 Å². The Morgan fingerprint density at radius 1 is 1.32 bits per heavy atom. The van der Waals surface area contributed by atoms with Crippen molar-refractivity contribution in [3.05, 3.63) is 28.2 Å². The van der Waals surface area contributed by atoms with Gasteiger partial charge in [-0.15, -0.1) is 12.4 Å². The Morgan fingerprint density at radius 3 is 2.55 bits per heavy atom. The molecule has 0 aliphatic carbocycles. The van der Waals surface area contributed by atoms with Crippen molar-refractivity contribution in [1.29, 1.82) is 0 Å². The largest absolute Gasteiger partial charge is 0.462 e. The zero-order valence-electron chi connectivity index (χ0n) is 12.4. The van der Waals surface area contributed by atoms with Crippen molar-refractivity contribution in [1.82, 2.24) is 10.0 Å². The molecule has 0 heterocycles. The first-order valence-corrected chi connectivity index (χ1v) is 8.81. The lowest BCUT2D eigenvalue weighted by molar-refractivity contribution is 0.0526. The fraction of sp³-hybridized carbons (Fsp3) is 0.462. The third-order valence-corrected chi connectivity index (χ3v) is 5.07. The summed E-state index contributed by atoms with van der Waals surface area (Å²) < 4.78 is 32.0. The third kappa shape index (κ3) is 6.21. The van der Waals surface area contributed by atoms with Crippen molar-refractivity contribution in [3.63, 3.8) is 0 Å². The molecule has 2 N–H and O–H groups in total. The fourth-order valence-corrected chi connectivity index (χ4v) is 3.76. The van der Waals surface area contributed by atoms with E-state index in [0.29, 0.717) is 23.0 Å². The van der Waals surface area contributed by atoms with Crippen LogP contribution in [0.2, 0.25) is 0 Å². The van der Waals surface area contributed by atoms with Gasteiger partial charge in [-0.1, -0.05) is 0 Å². The number of sulfonamides is 1. The molecule has 0 fully saturated rings. The van der Waals surface area contributed by atoms with Crippen LogP contribution in [0.3, 0.4) is 0 Å². The highest BCUT2D eigenvalue weighted by Crippen LogP contribution is 2.23. The van der Waals surface area contributed by atoms with Gasteiger partial charge in [0.2, 0.25) is 10.0 Å². The Morgan fingerprint density at radius 2 is 2.00 bits per heavy atom. The van der Waals surface area contributed by atoms with E-state index in [1.54, 1.807) is 14.0 Å². The van der Waals surface area contributed by atoms with Gasteiger partial charge in [-0.05, 0) is 61.1 Å². The molecule has 126 valence electrons. The average molecular weight is 416 g/mol. The summed E-state index contributed by atoms with van der Waals surface area (Å²) in [4.78, 5) is 11.7. The van der Waals surface area contributed by atoms with Crippen LogP contribution >= 0.6 is 28.3 Å². The first-order chi connectivity index (χ1) is 9.92. The average Bonchev–Trinajstić information content (AvgIpc) is 2.43. The summed E-state index contributed by atoms with van der Waals surface area (Å²) in [5.74, 6) is -0.482. The predicted molar refractivity (Wildman–Crippen MR) is 91.1 cm³/mol. The van der Waals surface area contributed by atoms with Gasteiger partial charge in [0.05, 0.1) is 17.1 Å². The maximum absolute atomic E-state index is 12.1. The van der Waals surface area contributed by atoms with Gasteiger partial charge in [0.25, 0.3) is 0 Å². The summed E-state index contributed by atoms with van der Waals surface area (Å²) in [6, 6.07) is 4.27. The summed E-state index contributed by atoms with van der Waals surface area (Å²) in [5, 5.41) is 2.94. The van der Waals surface area contributed by atoms with Gasteiger partial charge in [0.1, 0.15) is 0 Å². The second kappa shape index (κ2) is 10.2. The first-order valence-electron chi connectivity index (χ1n) is 6.53. The van der Waals surface area contributed by atoms with Crippen LogP contribution in [-0.2, 0) is 14.8 Å². The van der Waals surface area contributed by atoms with E-state index in [0.717, 1.165) is 6.54 Å². The number of hydrogen-bond acceptors (Lipinski definition) is 5. The highest BCUT2D eigenvalue weighted by molar-refractivity contribution is 9.10. The number of benzene rings is 1. The molecule has 0 spiro atoms. The van der Waals surface area contributed by atoms with Gasteiger partial charge in [-0.2, -0.15) is 0 Å². The topological polar surface area (TPSA) is 84.5 Å². The van der Waals surface area contributed by atoms with Gasteiger partial charge in [-0.3, -0.25) is 0 Å². The van der Waals surface area contributed by atoms with E-state index in [4.69, 9.17) is 4.74 Å². The molecule has 0 saturated heterocycles. The van der Waals surface area contributed by atoms with Gasteiger partial charge in [0.15, 0.2) is 0 Å². The molecule has 1 rings (SSSR count). The lowest BCUT2D eigenvalue weighted by Crippen LogP contribution is -2.27. The highest BCUT2D eigenvalue weighted by Gasteiger charge is 2.19. The fourth-order valence-electron chi connectivity index (χ4n) is 1.61. The molecular weight excluding hydrogens is 396 g/mol. The first kappa shape index (κ1) is 21.3. The van der Waals surface area contributed by atoms with E-state index in [1.807, 2.05) is 0 Å². The molecule has 9 heteroatoms. The molecule has 0 unspecified atom stereocenters. The molecule has 6 nitrogen and oxygen atoms in total. The Labute approximate surface area is 145 Å². The van der Waals surface area contributed by atoms with E-state index in [-0.39, 0.29) is 23.9 Å². The molecule has 0 amide bonds. The van der Waals surface area contributed by atoms with E-state index in [9.17, 15) is 13.2 Å². The Hall–Kier alpha value is -0.670. The minimum absolute atomic E-state index is 0. The standard InChI is InChI=1S/C13H19BrN2O4S.ClH/c1-3-20-13(17)10-5-6-12(11(14)9-10)21(18,19)16-8-4-7-15-2;/h5-6,9,15-16H,3-4,7-8H2,1-2H3;1H. The lowest BCUT2D eigenvalue weighted by atomic mass is 10.2. The van der Waals surface area contributed by atoms with E-state index in [2.05, 4.69) is 26.0 Å². The lowest BCUT2D eigenvalue weighted by Gasteiger charge is -2.09. The SMILES string of the molecule is CCOC(=O)c1ccc(S(=O)(=O)NCCCNC)c(Br)c1.Cl. The monoisotopic (exact) mass is 414 g/mol. The van der Waals surface area contributed by atoms with E-state index in [1.165, 1.54) is 18.2 Å². The molecule has 0 bridgehead atoms. The molecule has 1 aromatic rings. The molecule has 0 atom stereocenters. The van der Waals surface area contributed by atoms with E-state index < -0.39 is 16.0 Å². The number of rotatable bonds is 8. The summed E-state index contributed by atoms with van der Waals surface area (Å²) in [7, 11) is -1.80. The number of ether oxygens (including phenoxy) is 1. The normalized spacial score (nSPS) is 10.9. The zero-order chi connectivity index (χ0) is 15.9. The summed E-state index contributed by atoms with van der Waals surface area (Å²) in [6.07, 6.45) is 0.689. The Balaban J connectivity index is 0.00000441. The molecule has 0 aromatic heterocycles. The number of nitrogens with one attached hydrogen (secondary N) is 2. The van der Waals surface area contributed by atoms with Gasteiger partial charge in [-0.25, -0.2) is 17.9 Å². The second-order valence-electron chi connectivity index (χ2n) is 4.22. The number of carbonyl (C=O) groups is 1. The quantitative estimate of drug-likeness (QED) is 0.501. The van der Waals surface area contributed by atoms with Gasteiger partial charge < -0.3 is 10.1 Å². The number of hydrogen-bond donors (Lipinski definition) is 2. The maximum Gasteiger partial charge on any atom is 0.338 e. The van der Waals surface area contributed by atoms with Crippen LogP contribution in [0.1, 0.15) is 23.7 Å². The van der Waals surface area contributed by atoms with Crippen LogP contribution in [0.25, 0.3) is 0 Å². The minimum atomic E-state index is -3.60. The van der Waals surface area contributed by atoms with Crippen molar-refractivity contribution in [2.45, 2.75) is 18.2 Å². The number of esters is 1. The predicted octanol–water partition coefficient (Wildman–Crippen LogP) is 1.94. The highest BCUT2D eigenvalue weighted by atomic mass is 79.9.